The molecule has 0 saturated heterocycles. The van der Waals surface area contributed by atoms with Crippen molar-refractivity contribution in [2.75, 3.05) is 6.54 Å². The summed E-state index contributed by atoms with van der Waals surface area (Å²) in [4.78, 5) is 4.44. The molecule has 0 unspecified atom stereocenters. The van der Waals surface area contributed by atoms with E-state index in [9.17, 15) is 0 Å². The molecule has 0 radical (unpaired) electrons. The quantitative estimate of drug-likeness (QED) is 0.778. The van der Waals surface area contributed by atoms with Crippen LogP contribution in [0.5, 0.6) is 0 Å². The molecule has 15 heavy (non-hydrogen) atoms. The van der Waals surface area contributed by atoms with Gasteiger partial charge in [0.05, 0.1) is 0 Å². The van der Waals surface area contributed by atoms with Crippen LogP contribution >= 0.6 is 0 Å². The van der Waals surface area contributed by atoms with Crippen molar-refractivity contribution >= 4 is 11.1 Å². The molecule has 3 heteroatoms. The molecule has 0 saturated carbocycles. The van der Waals surface area contributed by atoms with E-state index >= 15 is 0 Å². The Hall–Kier alpha value is -1.35. The van der Waals surface area contributed by atoms with Gasteiger partial charge in [0, 0.05) is 6.42 Å². The van der Waals surface area contributed by atoms with Crippen LogP contribution in [0.3, 0.4) is 0 Å². The van der Waals surface area contributed by atoms with Crippen molar-refractivity contribution in [3.8, 4) is 0 Å². The van der Waals surface area contributed by atoms with Gasteiger partial charge in [-0.2, -0.15) is 0 Å². The number of unbranched alkanes of at least 4 members (excludes halogenated alkanes) is 1. The lowest BCUT2D eigenvalue weighted by molar-refractivity contribution is 0.514. The van der Waals surface area contributed by atoms with Crippen LogP contribution in [-0.4, -0.2) is 11.5 Å². The summed E-state index contributed by atoms with van der Waals surface area (Å²) in [6, 6.07) is 6.03. The zero-order valence-corrected chi connectivity index (χ0v) is 8.99. The first kappa shape index (κ1) is 10.2. The maximum atomic E-state index is 5.69. The zero-order chi connectivity index (χ0) is 10.7. The minimum atomic E-state index is 0.735. The molecular formula is C12H16N2O. The van der Waals surface area contributed by atoms with Gasteiger partial charge in [-0.05, 0) is 37.9 Å². The van der Waals surface area contributed by atoms with Crippen LogP contribution in [0.4, 0.5) is 0 Å². The highest BCUT2D eigenvalue weighted by molar-refractivity contribution is 5.75. The number of aryl methyl sites for hydroxylation is 2. The SMILES string of the molecule is Cc1cccc2nc(CCCCN)oc12. The standard InChI is InChI=1S/C12H16N2O/c1-9-5-4-6-10-12(9)15-11(14-10)7-2-3-8-13/h4-6H,2-3,7-8,13H2,1H3. The average Bonchev–Trinajstić information content (AvgIpc) is 2.63. The molecule has 80 valence electrons. The topological polar surface area (TPSA) is 52.0 Å². The smallest absolute Gasteiger partial charge is 0.195 e. The van der Waals surface area contributed by atoms with E-state index in [0.29, 0.717) is 0 Å². The van der Waals surface area contributed by atoms with Gasteiger partial charge in [0.1, 0.15) is 5.52 Å². The van der Waals surface area contributed by atoms with Gasteiger partial charge in [0.2, 0.25) is 0 Å². The summed E-state index contributed by atoms with van der Waals surface area (Å²) in [6.07, 6.45) is 2.95. The predicted molar refractivity (Wildman–Crippen MR) is 60.7 cm³/mol. The van der Waals surface area contributed by atoms with E-state index in [4.69, 9.17) is 10.2 Å². The number of para-hydroxylation sites is 1. The van der Waals surface area contributed by atoms with Crippen molar-refractivity contribution in [1.29, 1.82) is 0 Å². The Labute approximate surface area is 89.3 Å². The van der Waals surface area contributed by atoms with Crippen molar-refractivity contribution in [1.82, 2.24) is 4.98 Å². The summed E-state index contributed by atoms with van der Waals surface area (Å²) in [7, 11) is 0. The molecule has 0 aliphatic heterocycles. The van der Waals surface area contributed by atoms with Crippen molar-refractivity contribution < 1.29 is 4.42 Å². The number of benzene rings is 1. The molecule has 2 rings (SSSR count). The third-order valence-corrected chi connectivity index (χ3v) is 2.50. The second kappa shape index (κ2) is 4.45. The Morgan fingerprint density at radius 3 is 2.93 bits per heavy atom. The number of nitrogens with zero attached hydrogens (tertiary/aromatic N) is 1. The normalized spacial score (nSPS) is 11.1. The van der Waals surface area contributed by atoms with Crippen molar-refractivity contribution in [3.63, 3.8) is 0 Å². The highest BCUT2D eigenvalue weighted by Gasteiger charge is 2.06. The van der Waals surface area contributed by atoms with Crippen LogP contribution in [0.2, 0.25) is 0 Å². The third kappa shape index (κ3) is 2.18. The van der Waals surface area contributed by atoms with E-state index in [1.807, 2.05) is 25.1 Å². The fourth-order valence-corrected chi connectivity index (χ4v) is 1.66. The maximum Gasteiger partial charge on any atom is 0.195 e. The first-order valence-corrected chi connectivity index (χ1v) is 5.36. The number of nitrogens with two attached hydrogens (primary N) is 1. The Kier molecular flexibility index (Phi) is 3.02. The molecule has 0 atom stereocenters. The molecule has 1 heterocycles. The van der Waals surface area contributed by atoms with Gasteiger partial charge in [-0.1, -0.05) is 12.1 Å². The fourth-order valence-electron chi connectivity index (χ4n) is 1.66. The summed E-state index contributed by atoms with van der Waals surface area (Å²) in [5.41, 5.74) is 8.46. The Bertz CT molecular complexity index is 448. The number of fused-ring (bicyclic) bond motifs is 1. The molecule has 2 N–H and O–H groups in total. The molecule has 0 aliphatic carbocycles. The summed E-state index contributed by atoms with van der Waals surface area (Å²) < 4.78 is 5.69. The summed E-state index contributed by atoms with van der Waals surface area (Å²) in [5.74, 6) is 0.827. The number of aromatic nitrogens is 1. The van der Waals surface area contributed by atoms with Gasteiger partial charge in [-0.15, -0.1) is 0 Å². The monoisotopic (exact) mass is 204 g/mol. The second-order valence-electron chi connectivity index (χ2n) is 3.78. The highest BCUT2D eigenvalue weighted by atomic mass is 16.3. The van der Waals surface area contributed by atoms with Crippen molar-refractivity contribution in [2.45, 2.75) is 26.2 Å². The minimum absolute atomic E-state index is 0.735. The van der Waals surface area contributed by atoms with Crippen LogP contribution in [-0.2, 0) is 6.42 Å². The first-order valence-electron chi connectivity index (χ1n) is 5.36. The molecule has 0 fully saturated rings. The van der Waals surface area contributed by atoms with Crippen LogP contribution in [0.25, 0.3) is 11.1 Å². The van der Waals surface area contributed by atoms with E-state index in [2.05, 4.69) is 4.98 Å². The molecule has 0 aliphatic rings. The molecular weight excluding hydrogens is 188 g/mol. The van der Waals surface area contributed by atoms with Gasteiger partial charge in [0.25, 0.3) is 0 Å². The third-order valence-electron chi connectivity index (χ3n) is 2.50. The largest absolute Gasteiger partial charge is 0.440 e. The van der Waals surface area contributed by atoms with Gasteiger partial charge >= 0.3 is 0 Å². The zero-order valence-electron chi connectivity index (χ0n) is 8.99. The van der Waals surface area contributed by atoms with Gasteiger partial charge in [0.15, 0.2) is 11.5 Å². The summed E-state index contributed by atoms with van der Waals surface area (Å²) in [5, 5.41) is 0. The second-order valence-corrected chi connectivity index (χ2v) is 3.78. The Balaban J connectivity index is 2.20. The molecule has 2 aromatic rings. The van der Waals surface area contributed by atoms with E-state index in [1.54, 1.807) is 0 Å². The van der Waals surface area contributed by atoms with E-state index < -0.39 is 0 Å². The fraction of sp³-hybridized carbons (Fsp3) is 0.417. The van der Waals surface area contributed by atoms with E-state index in [0.717, 1.165) is 48.4 Å². The van der Waals surface area contributed by atoms with Gasteiger partial charge < -0.3 is 10.2 Å². The molecule has 0 spiro atoms. The van der Waals surface area contributed by atoms with Crippen molar-refractivity contribution in [3.05, 3.63) is 29.7 Å². The number of oxazole rings is 1. The molecule has 0 bridgehead atoms. The Morgan fingerprint density at radius 1 is 1.33 bits per heavy atom. The van der Waals surface area contributed by atoms with E-state index in [1.165, 1.54) is 0 Å². The first-order chi connectivity index (χ1) is 7.31. The Morgan fingerprint density at radius 2 is 2.20 bits per heavy atom. The molecule has 1 aromatic carbocycles. The van der Waals surface area contributed by atoms with Crippen LogP contribution in [0, 0.1) is 6.92 Å². The van der Waals surface area contributed by atoms with Gasteiger partial charge in [-0.25, -0.2) is 4.98 Å². The maximum absolute atomic E-state index is 5.69. The molecule has 3 nitrogen and oxygen atoms in total. The highest BCUT2D eigenvalue weighted by Crippen LogP contribution is 2.19. The molecule has 0 amide bonds. The lowest BCUT2D eigenvalue weighted by Crippen LogP contribution is -1.98. The number of rotatable bonds is 4. The summed E-state index contributed by atoms with van der Waals surface area (Å²) >= 11 is 0. The minimum Gasteiger partial charge on any atom is -0.440 e. The van der Waals surface area contributed by atoms with E-state index in [-0.39, 0.29) is 0 Å². The summed E-state index contributed by atoms with van der Waals surface area (Å²) in [6.45, 7) is 2.77. The number of hydrogen-bond acceptors (Lipinski definition) is 3. The van der Waals surface area contributed by atoms with Gasteiger partial charge in [-0.3, -0.25) is 0 Å². The predicted octanol–water partition coefficient (Wildman–Crippen LogP) is 2.42. The van der Waals surface area contributed by atoms with Crippen LogP contribution in [0.1, 0.15) is 24.3 Å². The lowest BCUT2D eigenvalue weighted by Gasteiger charge is -1.93. The molecule has 1 aromatic heterocycles. The van der Waals surface area contributed by atoms with Crippen LogP contribution < -0.4 is 5.73 Å². The van der Waals surface area contributed by atoms with Crippen molar-refractivity contribution in [2.24, 2.45) is 5.73 Å². The lowest BCUT2D eigenvalue weighted by atomic mass is 10.2. The van der Waals surface area contributed by atoms with Crippen LogP contribution in [0.15, 0.2) is 22.6 Å². The number of hydrogen-bond donors (Lipinski definition) is 1. The average molecular weight is 204 g/mol.